The number of benzene rings is 2. The van der Waals surface area contributed by atoms with Crippen molar-refractivity contribution < 1.29 is 4.79 Å². The lowest BCUT2D eigenvalue weighted by Gasteiger charge is -2.24. The Balaban J connectivity index is 2.27. The van der Waals surface area contributed by atoms with Crippen LogP contribution in [0.4, 0.5) is 0 Å². The van der Waals surface area contributed by atoms with Crippen LogP contribution in [0.15, 0.2) is 42.5 Å². The number of carbonyl (C=O) groups excluding carboxylic acids is 1. The van der Waals surface area contributed by atoms with Gasteiger partial charge in [-0.1, -0.05) is 63.6 Å². The topological polar surface area (TPSA) is 20.3 Å². The highest BCUT2D eigenvalue weighted by atomic mass is 16.2. The summed E-state index contributed by atoms with van der Waals surface area (Å²) in [5.41, 5.74) is 0.831. The van der Waals surface area contributed by atoms with Crippen molar-refractivity contribution in [2.75, 3.05) is 13.1 Å². The van der Waals surface area contributed by atoms with E-state index in [0.29, 0.717) is 5.92 Å². The molecule has 0 aliphatic heterocycles. The monoisotopic (exact) mass is 297 g/mol. The van der Waals surface area contributed by atoms with E-state index >= 15 is 0 Å². The maximum atomic E-state index is 13.0. The predicted molar refractivity (Wildman–Crippen MR) is 94.2 cm³/mol. The number of hydrogen-bond donors (Lipinski definition) is 0. The highest BCUT2D eigenvalue weighted by Gasteiger charge is 2.17. The lowest BCUT2D eigenvalue weighted by atomic mass is 10.0. The molecule has 0 saturated carbocycles. The van der Waals surface area contributed by atoms with Crippen LogP contribution in [-0.4, -0.2) is 23.9 Å². The Labute approximate surface area is 134 Å². The van der Waals surface area contributed by atoms with Gasteiger partial charge >= 0.3 is 0 Å². The molecule has 2 nitrogen and oxygen atoms in total. The molecule has 118 valence electrons. The third kappa shape index (κ3) is 4.09. The second-order valence-electron chi connectivity index (χ2n) is 6.35. The molecule has 0 bridgehead atoms. The fourth-order valence-corrected chi connectivity index (χ4v) is 2.66. The number of carbonyl (C=O) groups is 1. The Morgan fingerprint density at radius 2 is 1.77 bits per heavy atom. The second-order valence-corrected chi connectivity index (χ2v) is 6.35. The average molecular weight is 297 g/mol. The summed E-state index contributed by atoms with van der Waals surface area (Å²) in [4.78, 5) is 15.0. The summed E-state index contributed by atoms with van der Waals surface area (Å²) in [5.74, 6) is 0.787. The van der Waals surface area contributed by atoms with Crippen LogP contribution in [0.1, 0.15) is 50.4 Å². The number of hydrogen-bond acceptors (Lipinski definition) is 1. The third-order valence-electron chi connectivity index (χ3n) is 4.07. The minimum absolute atomic E-state index is 0.172. The normalized spacial score (nSPS) is 11.1. The molecule has 22 heavy (non-hydrogen) atoms. The van der Waals surface area contributed by atoms with Crippen molar-refractivity contribution in [2.24, 2.45) is 5.92 Å². The molecular weight excluding hydrogens is 270 g/mol. The van der Waals surface area contributed by atoms with Gasteiger partial charge in [-0.2, -0.15) is 0 Å². The first-order valence-corrected chi connectivity index (χ1v) is 8.40. The Morgan fingerprint density at radius 3 is 2.50 bits per heavy atom. The summed E-state index contributed by atoms with van der Waals surface area (Å²) < 4.78 is 0. The SMILES string of the molecule is CCCCN(CCC(C)C)C(=O)c1cccc2ccccc12. The number of fused-ring (bicyclic) bond motifs is 1. The summed E-state index contributed by atoms with van der Waals surface area (Å²) >= 11 is 0. The predicted octanol–water partition coefficient (Wildman–Crippen LogP) is 5.13. The molecule has 0 aromatic heterocycles. The molecule has 0 aliphatic rings. The van der Waals surface area contributed by atoms with Crippen LogP contribution < -0.4 is 0 Å². The molecule has 0 fully saturated rings. The summed E-state index contributed by atoms with van der Waals surface area (Å²) in [6.07, 6.45) is 3.23. The molecule has 0 heterocycles. The van der Waals surface area contributed by atoms with E-state index in [9.17, 15) is 4.79 Å². The zero-order chi connectivity index (χ0) is 15.9. The summed E-state index contributed by atoms with van der Waals surface area (Å²) in [5, 5.41) is 2.19. The molecule has 1 amide bonds. The van der Waals surface area contributed by atoms with Gasteiger partial charge < -0.3 is 4.90 Å². The van der Waals surface area contributed by atoms with Crippen LogP contribution in [0.2, 0.25) is 0 Å². The van der Waals surface area contributed by atoms with E-state index in [2.05, 4.69) is 32.9 Å². The van der Waals surface area contributed by atoms with E-state index < -0.39 is 0 Å². The highest BCUT2D eigenvalue weighted by Crippen LogP contribution is 2.20. The maximum Gasteiger partial charge on any atom is 0.254 e. The Bertz CT molecular complexity index is 613. The van der Waals surface area contributed by atoms with Crippen LogP contribution in [0.3, 0.4) is 0 Å². The molecule has 0 spiro atoms. The lowest BCUT2D eigenvalue weighted by molar-refractivity contribution is 0.0748. The number of rotatable bonds is 7. The Hall–Kier alpha value is -1.83. The van der Waals surface area contributed by atoms with Crippen LogP contribution in [0, 0.1) is 5.92 Å². The summed E-state index contributed by atoms with van der Waals surface area (Å²) in [6.45, 7) is 8.29. The van der Waals surface area contributed by atoms with Crippen LogP contribution in [0.5, 0.6) is 0 Å². The molecular formula is C20H27NO. The molecule has 2 heteroatoms. The van der Waals surface area contributed by atoms with Gasteiger partial charge in [0.15, 0.2) is 0 Å². The van der Waals surface area contributed by atoms with Crippen molar-refractivity contribution in [1.82, 2.24) is 4.90 Å². The van der Waals surface area contributed by atoms with Crippen LogP contribution >= 0.6 is 0 Å². The Kier molecular flexibility index (Phi) is 6.00. The van der Waals surface area contributed by atoms with Gasteiger partial charge in [0.25, 0.3) is 5.91 Å². The largest absolute Gasteiger partial charge is 0.339 e. The fourth-order valence-electron chi connectivity index (χ4n) is 2.66. The zero-order valence-corrected chi connectivity index (χ0v) is 14.0. The van der Waals surface area contributed by atoms with Gasteiger partial charge in [0.1, 0.15) is 0 Å². The first-order chi connectivity index (χ1) is 10.6. The maximum absolute atomic E-state index is 13.0. The van der Waals surface area contributed by atoms with Gasteiger partial charge in [0.05, 0.1) is 0 Å². The quantitative estimate of drug-likeness (QED) is 0.694. The molecule has 0 atom stereocenters. The minimum Gasteiger partial charge on any atom is -0.339 e. The summed E-state index contributed by atoms with van der Waals surface area (Å²) in [7, 11) is 0. The molecule has 0 saturated heterocycles. The lowest BCUT2D eigenvalue weighted by Crippen LogP contribution is -2.33. The van der Waals surface area contributed by atoms with Crippen molar-refractivity contribution in [3.8, 4) is 0 Å². The standard InChI is InChI=1S/C20H27NO/c1-4-5-14-21(15-13-16(2)3)20(22)19-12-8-10-17-9-6-7-11-18(17)19/h6-12,16H,4-5,13-15H2,1-3H3. The van der Waals surface area contributed by atoms with E-state index in [-0.39, 0.29) is 5.91 Å². The van der Waals surface area contributed by atoms with E-state index in [4.69, 9.17) is 0 Å². The van der Waals surface area contributed by atoms with E-state index in [1.54, 1.807) is 0 Å². The molecule has 2 aromatic rings. The molecule has 0 unspecified atom stereocenters. The Morgan fingerprint density at radius 1 is 1.05 bits per heavy atom. The molecule has 0 N–H and O–H groups in total. The number of unbranched alkanes of at least 4 members (excludes halogenated alkanes) is 1. The smallest absolute Gasteiger partial charge is 0.254 e. The number of nitrogens with zero attached hydrogens (tertiary/aromatic N) is 1. The van der Waals surface area contributed by atoms with Crippen LogP contribution in [-0.2, 0) is 0 Å². The molecule has 2 aromatic carbocycles. The van der Waals surface area contributed by atoms with E-state index in [1.807, 2.05) is 35.2 Å². The van der Waals surface area contributed by atoms with Gasteiger partial charge in [-0.05, 0) is 35.6 Å². The average Bonchev–Trinajstić information content (AvgIpc) is 2.53. The van der Waals surface area contributed by atoms with Gasteiger partial charge in [0, 0.05) is 18.7 Å². The highest BCUT2D eigenvalue weighted by molar-refractivity contribution is 6.07. The number of amides is 1. The van der Waals surface area contributed by atoms with E-state index in [1.165, 1.54) is 0 Å². The van der Waals surface area contributed by atoms with Crippen molar-refractivity contribution in [2.45, 2.75) is 40.0 Å². The zero-order valence-electron chi connectivity index (χ0n) is 14.0. The first kappa shape index (κ1) is 16.5. The van der Waals surface area contributed by atoms with Gasteiger partial charge in [-0.25, -0.2) is 0 Å². The second kappa shape index (κ2) is 7.98. The first-order valence-electron chi connectivity index (χ1n) is 8.40. The minimum atomic E-state index is 0.172. The van der Waals surface area contributed by atoms with Crippen molar-refractivity contribution in [3.05, 3.63) is 48.0 Å². The summed E-state index contributed by atoms with van der Waals surface area (Å²) in [6, 6.07) is 14.1. The van der Waals surface area contributed by atoms with Crippen molar-refractivity contribution in [1.29, 1.82) is 0 Å². The van der Waals surface area contributed by atoms with Gasteiger partial charge in [0.2, 0.25) is 0 Å². The van der Waals surface area contributed by atoms with Gasteiger partial charge in [-0.15, -0.1) is 0 Å². The molecule has 0 radical (unpaired) electrons. The van der Waals surface area contributed by atoms with Crippen molar-refractivity contribution >= 4 is 16.7 Å². The molecule has 2 rings (SSSR count). The fraction of sp³-hybridized carbons (Fsp3) is 0.450. The van der Waals surface area contributed by atoms with Crippen LogP contribution in [0.25, 0.3) is 10.8 Å². The van der Waals surface area contributed by atoms with Gasteiger partial charge in [-0.3, -0.25) is 4.79 Å². The van der Waals surface area contributed by atoms with Crippen molar-refractivity contribution in [3.63, 3.8) is 0 Å². The molecule has 0 aliphatic carbocycles. The third-order valence-corrected chi connectivity index (χ3v) is 4.07. The van der Waals surface area contributed by atoms with E-state index in [0.717, 1.165) is 48.7 Å².